The summed E-state index contributed by atoms with van der Waals surface area (Å²) in [5, 5.41) is 19.8. The number of hydrogen-bond donors (Lipinski definition) is 0. The van der Waals surface area contributed by atoms with E-state index in [4.69, 9.17) is 0 Å². The Morgan fingerprint density at radius 2 is 1.71 bits per heavy atom. The average molecular weight is 314 g/mol. The zero-order valence-electron chi connectivity index (χ0n) is 14.3. The van der Waals surface area contributed by atoms with Gasteiger partial charge in [0.25, 0.3) is 0 Å². The van der Waals surface area contributed by atoms with Crippen LogP contribution in [-0.2, 0) is 6.42 Å². The van der Waals surface area contributed by atoms with Gasteiger partial charge in [-0.15, -0.1) is 6.58 Å². The summed E-state index contributed by atoms with van der Waals surface area (Å²) in [6.07, 6.45) is 2.80. The van der Waals surface area contributed by atoms with Crippen LogP contribution < -0.4 is 0 Å². The van der Waals surface area contributed by atoms with Gasteiger partial charge in [-0.05, 0) is 42.5 Å². The van der Waals surface area contributed by atoms with E-state index >= 15 is 0 Å². The van der Waals surface area contributed by atoms with Crippen molar-refractivity contribution in [2.24, 2.45) is 5.41 Å². The van der Waals surface area contributed by atoms with E-state index in [1.165, 1.54) is 11.1 Å². The predicted molar refractivity (Wildman–Crippen MR) is 97.3 cm³/mol. The van der Waals surface area contributed by atoms with Crippen molar-refractivity contribution in [2.75, 3.05) is 0 Å². The summed E-state index contributed by atoms with van der Waals surface area (Å²) in [6, 6.07) is 20.6. The van der Waals surface area contributed by atoms with E-state index in [-0.39, 0.29) is 5.92 Å². The van der Waals surface area contributed by atoms with Crippen molar-refractivity contribution in [1.82, 2.24) is 0 Å². The van der Waals surface area contributed by atoms with Crippen molar-refractivity contribution in [3.63, 3.8) is 0 Å². The van der Waals surface area contributed by atoms with Crippen LogP contribution in [0.3, 0.4) is 0 Å². The van der Waals surface area contributed by atoms with Crippen molar-refractivity contribution in [1.29, 1.82) is 10.5 Å². The molecule has 1 atom stereocenters. The van der Waals surface area contributed by atoms with Gasteiger partial charge < -0.3 is 0 Å². The number of rotatable bonds is 6. The van der Waals surface area contributed by atoms with Gasteiger partial charge in [0.1, 0.15) is 0 Å². The van der Waals surface area contributed by atoms with E-state index < -0.39 is 5.41 Å². The lowest BCUT2D eigenvalue weighted by atomic mass is 9.69. The third-order valence-corrected chi connectivity index (χ3v) is 4.65. The molecule has 0 saturated carbocycles. The number of nitriles is 2. The summed E-state index contributed by atoms with van der Waals surface area (Å²) < 4.78 is 0. The fraction of sp³-hybridized carbons (Fsp3) is 0.273. The SMILES string of the molecule is C=CCC(c1ccccc1)C(C#N)(C#N)Cc1ccc(C)c(C)c1. The van der Waals surface area contributed by atoms with Crippen LogP contribution in [0.25, 0.3) is 0 Å². The maximum absolute atomic E-state index is 9.91. The summed E-state index contributed by atoms with van der Waals surface area (Å²) in [5.74, 6) is -0.201. The fourth-order valence-corrected chi connectivity index (χ4v) is 3.09. The van der Waals surface area contributed by atoms with Crippen molar-refractivity contribution in [3.05, 3.63) is 83.4 Å². The van der Waals surface area contributed by atoms with E-state index in [0.29, 0.717) is 12.8 Å². The molecule has 0 aliphatic carbocycles. The number of aryl methyl sites for hydroxylation is 2. The van der Waals surface area contributed by atoms with Gasteiger partial charge >= 0.3 is 0 Å². The highest BCUT2D eigenvalue weighted by Gasteiger charge is 2.40. The lowest BCUT2D eigenvalue weighted by Gasteiger charge is -2.29. The van der Waals surface area contributed by atoms with Crippen LogP contribution in [-0.4, -0.2) is 0 Å². The molecule has 0 amide bonds. The second-order valence-corrected chi connectivity index (χ2v) is 6.28. The highest BCUT2D eigenvalue weighted by Crippen LogP contribution is 2.41. The Balaban J connectivity index is 2.48. The molecule has 24 heavy (non-hydrogen) atoms. The van der Waals surface area contributed by atoms with Crippen molar-refractivity contribution < 1.29 is 0 Å². The molecular weight excluding hydrogens is 292 g/mol. The maximum atomic E-state index is 9.91. The molecule has 0 N–H and O–H groups in total. The third-order valence-electron chi connectivity index (χ3n) is 4.65. The van der Waals surface area contributed by atoms with Crippen molar-refractivity contribution in [3.8, 4) is 12.1 Å². The van der Waals surface area contributed by atoms with E-state index in [1.807, 2.05) is 36.4 Å². The zero-order chi connectivity index (χ0) is 17.6. The van der Waals surface area contributed by atoms with Gasteiger partial charge in [-0.1, -0.05) is 54.6 Å². The quantitative estimate of drug-likeness (QED) is 0.685. The molecule has 0 heterocycles. The molecule has 0 aliphatic rings. The van der Waals surface area contributed by atoms with Crippen LogP contribution >= 0.6 is 0 Å². The number of hydrogen-bond acceptors (Lipinski definition) is 2. The average Bonchev–Trinajstić information content (AvgIpc) is 2.62. The van der Waals surface area contributed by atoms with Crippen molar-refractivity contribution in [2.45, 2.75) is 32.6 Å². The first-order chi connectivity index (χ1) is 11.6. The molecule has 2 rings (SSSR count). The highest BCUT2D eigenvalue weighted by molar-refractivity contribution is 5.37. The Kier molecular flexibility index (Phi) is 5.56. The van der Waals surface area contributed by atoms with Gasteiger partial charge in [0.15, 0.2) is 5.41 Å². The maximum Gasteiger partial charge on any atom is 0.154 e. The Morgan fingerprint density at radius 3 is 2.25 bits per heavy atom. The highest BCUT2D eigenvalue weighted by atomic mass is 14.5. The molecule has 2 aromatic rings. The first-order valence-electron chi connectivity index (χ1n) is 8.11. The topological polar surface area (TPSA) is 47.6 Å². The van der Waals surface area contributed by atoms with Crippen LogP contribution in [0.15, 0.2) is 61.2 Å². The Hall–Kier alpha value is -2.84. The molecule has 0 spiro atoms. The first kappa shape index (κ1) is 17.5. The molecule has 1 unspecified atom stereocenters. The van der Waals surface area contributed by atoms with Crippen molar-refractivity contribution >= 4 is 0 Å². The minimum absolute atomic E-state index is 0.201. The molecule has 0 aliphatic heterocycles. The molecule has 0 saturated heterocycles. The standard InChI is InChI=1S/C22H22N2/c1-4-8-21(20-9-6-5-7-10-20)22(15-23,16-24)14-19-12-11-17(2)18(3)13-19/h4-7,9-13,21H,1,8,14H2,2-3H3. The summed E-state index contributed by atoms with van der Waals surface area (Å²) in [7, 11) is 0. The Bertz CT molecular complexity index is 777. The molecule has 0 aromatic heterocycles. The Morgan fingerprint density at radius 1 is 1.04 bits per heavy atom. The second-order valence-electron chi connectivity index (χ2n) is 6.28. The normalized spacial score (nSPS) is 12.0. The molecule has 2 nitrogen and oxygen atoms in total. The largest absolute Gasteiger partial charge is 0.197 e. The lowest BCUT2D eigenvalue weighted by molar-refractivity contribution is 0.408. The predicted octanol–water partition coefficient (Wildman–Crippen LogP) is 5.24. The lowest BCUT2D eigenvalue weighted by Crippen LogP contribution is -2.28. The molecule has 0 fully saturated rings. The van der Waals surface area contributed by atoms with Gasteiger partial charge in [-0.2, -0.15) is 10.5 Å². The van der Waals surface area contributed by atoms with Gasteiger partial charge in [-0.25, -0.2) is 0 Å². The van der Waals surface area contributed by atoms with Gasteiger partial charge in [0.2, 0.25) is 0 Å². The van der Waals surface area contributed by atoms with Gasteiger partial charge in [0.05, 0.1) is 12.1 Å². The number of nitrogens with zero attached hydrogens (tertiary/aromatic N) is 2. The Labute approximate surface area is 144 Å². The van der Waals surface area contributed by atoms with Gasteiger partial charge in [-0.3, -0.25) is 0 Å². The van der Waals surface area contributed by atoms with Gasteiger partial charge in [0, 0.05) is 12.3 Å². The second kappa shape index (κ2) is 7.62. The minimum atomic E-state index is -1.11. The van der Waals surface area contributed by atoms with Crippen LogP contribution in [0.5, 0.6) is 0 Å². The van der Waals surface area contributed by atoms with Crippen LogP contribution in [0.4, 0.5) is 0 Å². The number of allylic oxidation sites excluding steroid dienone is 1. The fourth-order valence-electron chi connectivity index (χ4n) is 3.09. The molecule has 0 radical (unpaired) electrons. The summed E-state index contributed by atoms with van der Waals surface area (Å²) in [5.41, 5.74) is 3.30. The molecule has 2 aromatic carbocycles. The van der Waals surface area contributed by atoms with E-state index in [9.17, 15) is 10.5 Å². The monoisotopic (exact) mass is 314 g/mol. The zero-order valence-corrected chi connectivity index (χ0v) is 14.3. The summed E-state index contributed by atoms with van der Waals surface area (Å²) in [6.45, 7) is 7.94. The summed E-state index contributed by atoms with van der Waals surface area (Å²) >= 11 is 0. The molecule has 2 heteroatoms. The van der Waals surface area contributed by atoms with Crippen LogP contribution in [0.1, 0.15) is 34.6 Å². The van der Waals surface area contributed by atoms with Crippen LogP contribution in [0, 0.1) is 41.9 Å². The smallest absolute Gasteiger partial charge is 0.154 e. The molecule has 0 bridgehead atoms. The van der Waals surface area contributed by atoms with E-state index in [0.717, 1.165) is 11.1 Å². The molecule has 120 valence electrons. The van der Waals surface area contributed by atoms with E-state index in [1.54, 1.807) is 6.08 Å². The third kappa shape index (κ3) is 3.55. The minimum Gasteiger partial charge on any atom is -0.197 e. The first-order valence-corrected chi connectivity index (χ1v) is 8.11. The van der Waals surface area contributed by atoms with Crippen LogP contribution in [0.2, 0.25) is 0 Å². The van der Waals surface area contributed by atoms with E-state index in [2.05, 4.69) is 44.7 Å². The number of benzene rings is 2. The molecular formula is C22H22N2. The summed E-state index contributed by atoms with van der Waals surface area (Å²) in [4.78, 5) is 0.